The number of ether oxygens (including phenoxy) is 1. The molecule has 0 saturated carbocycles. The van der Waals surface area contributed by atoms with E-state index in [0.717, 1.165) is 22.1 Å². The Morgan fingerprint density at radius 2 is 2.05 bits per heavy atom. The number of pyridine rings is 1. The Balaban J connectivity index is 2.27. The summed E-state index contributed by atoms with van der Waals surface area (Å²) in [5, 5.41) is 0.990. The van der Waals surface area contributed by atoms with Gasteiger partial charge in [-0.1, -0.05) is 30.0 Å². The minimum atomic E-state index is 0.126. The van der Waals surface area contributed by atoms with Gasteiger partial charge in [0.1, 0.15) is 10.8 Å². The molecule has 19 heavy (non-hydrogen) atoms. The monoisotopic (exact) mass is 274 g/mol. The van der Waals surface area contributed by atoms with Gasteiger partial charge in [0.05, 0.1) is 12.0 Å². The van der Waals surface area contributed by atoms with E-state index in [1.807, 2.05) is 43.5 Å². The highest BCUT2D eigenvalue weighted by Crippen LogP contribution is 2.35. The molecule has 0 amide bonds. The fourth-order valence-corrected chi connectivity index (χ4v) is 2.83. The Morgan fingerprint density at radius 3 is 2.79 bits per heavy atom. The van der Waals surface area contributed by atoms with Crippen LogP contribution in [0.3, 0.4) is 0 Å². The van der Waals surface area contributed by atoms with E-state index in [-0.39, 0.29) is 6.04 Å². The molecule has 100 valence electrons. The van der Waals surface area contributed by atoms with Crippen LogP contribution in [0.15, 0.2) is 52.5 Å². The number of methoxy groups -OCH3 is 1. The molecule has 0 aliphatic carbocycles. The van der Waals surface area contributed by atoms with E-state index in [1.54, 1.807) is 18.9 Å². The van der Waals surface area contributed by atoms with Gasteiger partial charge in [-0.25, -0.2) is 4.98 Å². The third kappa shape index (κ3) is 3.72. The lowest BCUT2D eigenvalue weighted by molar-refractivity contribution is 0.405. The quantitative estimate of drug-likeness (QED) is 0.910. The van der Waals surface area contributed by atoms with Gasteiger partial charge in [0, 0.05) is 12.2 Å². The van der Waals surface area contributed by atoms with Gasteiger partial charge in [-0.2, -0.15) is 0 Å². The molecular formula is C15H18N2OS. The summed E-state index contributed by atoms with van der Waals surface area (Å²) in [5.74, 6) is 0.866. The summed E-state index contributed by atoms with van der Waals surface area (Å²) >= 11 is 1.62. The predicted octanol–water partition coefficient (Wildman–Crippen LogP) is 3.13. The van der Waals surface area contributed by atoms with Crippen molar-refractivity contribution in [2.75, 3.05) is 7.11 Å². The molecule has 0 aliphatic rings. The number of para-hydroxylation sites is 1. The molecule has 4 heteroatoms. The van der Waals surface area contributed by atoms with Crippen molar-refractivity contribution in [2.45, 2.75) is 29.3 Å². The van der Waals surface area contributed by atoms with Gasteiger partial charge in [0.25, 0.3) is 0 Å². The van der Waals surface area contributed by atoms with E-state index >= 15 is 0 Å². The largest absolute Gasteiger partial charge is 0.496 e. The molecule has 1 heterocycles. The van der Waals surface area contributed by atoms with Gasteiger partial charge >= 0.3 is 0 Å². The van der Waals surface area contributed by atoms with Crippen LogP contribution in [0.4, 0.5) is 0 Å². The van der Waals surface area contributed by atoms with Crippen LogP contribution in [0.1, 0.15) is 12.5 Å². The standard InChI is InChI=1S/C15H18N2OS/c1-11(16)10-12-6-5-9-17-15(12)19-14-8-4-3-7-13(14)18-2/h3-9,11H,10,16H2,1-2H3. The summed E-state index contributed by atoms with van der Waals surface area (Å²) in [6.07, 6.45) is 2.63. The van der Waals surface area contributed by atoms with Crippen LogP contribution in [0.25, 0.3) is 0 Å². The maximum absolute atomic E-state index is 5.88. The second-order valence-electron chi connectivity index (χ2n) is 4.40. The molecule has 2 N–H and O–H groups in total. The molecule has 1 unspecified atom stereocenters. The highest BCUT2D eigenvalue weighted by atomic mass is 32.2. The maximum atomic E-state index is 5.88. The van der Waals surface area contributed by atoms with Crippen molar-refractivity contribution in [3.8, 4) is 5.75 Å². The Bertz CT molecular complexity index is 543. The number of aromatic nitrogens is 1. The Hall–Kier alpha value is -1.52. The van der Waals surface area contributed by atoms with Crippen LogP contribution in [0.5, 0.6) is 5.75 Å². The van der Waals surface area contributed by atoms with Crippen LogP contribution < -0.4 is 10.5 Å². The highest BCUT2D eigenvalue weighted by molar-refractivity contribution is 7.99. The van der Waals surface area contributed by atoms with E-state index in [0.29, 0.717) is 0 Å². The third-order valence-corrected chi connectivity index (χ3v) is 3.79. The highest BCUT2D eigenvalue weighted by Gasteiger charge is 2.10. The van der Waals surface area contributed by atoms with Gasteiger partial charge in [-0.05, 0) is 37.1 Å². The number of nitrogens with zero attached hydrogens (tertiary/aromatic N) is 1. The third-order valence-electron chi connectivity index (χ3n) is 2.67. The van der Waals surface area contributed by atoms with Gasteiger partial charge in [-0.15, -0.1) is 0 Å². The van der Waals surface area contributed by atoms with Crippen molar-refractivity contribution >= 4 is 11.8 Å². The first-order chi connectivity index (χ1) is 9.20. The van der Waals surface area contributed by atoms with Crippen LogP contribution in [0, 0.1) is 0 Å². The summed E-state index contributed by atoms with van der Waals surface area (Å²) in [6, 6.07) is 12.1. The van der Waals surface area contributed by atoms with Gasteiger partial charge < -0.3 is 10.5 Å². The van der Waals surface area contributed by atoms with Crippen molar-refractivity contribution in [1.29, 1.82) is 0 Å². The first kappa shape index (κ1) is 13.9. The summed E-state index contributed by atoms with van der Waals surface area (Å²) in [7, 11) is 1.68. The zero-order valence-electron chi connectivity index (χ0n) is 11.2. The molecule has 2 aromatic rings. The second-order valence-corrected chi connectivity index (χ2v) is 5.43. The summed E-state index contributed by atoms with van der Waals surface area (Å²) < 4.78 is 5.37. The van der Waals surface area contributed by atoms with E-state index in [4.69, 9.17) is 10.5 Å². The average molecular weight is 274 g/mol. The fraction of sp³-hybridized carbons (Fsp3) is 0.267. The maximum Gasteiger partial charge on any atom is 0.132 e. The minimum absolute atomic E-state index is 0.126. The zero-order valence-corrected chi connectivity index (χ0v) is 12.0. The topological polar surface area (TPSA) is 48.1 Å². The molecular weight excluding hydrogens is 256 g/mol. The molecule has 0 radical (unpaired) electrons. The molecule has 0 aliphatic heterocycles. The Kier molecular flexibility index (Phi) is 4.82. The molecule has 0 bridgehead atoms. The lowest BCUT2D eigenvalue weighted by Gasteiger charge is -2.11. The first-order valence-electron chi connectivity index (χ1n) is 6.21. The Labute approximate surface area is 118 Å². The van der Waals surface area contributed by atoms with Crippen molar-refractivity contribution < 1.29 is 4.74 Å². The molecule has 2 rings (SSSR count). The molecule has 0 spiro atoms. The molecule has 0 saturated heterocycles. The summed E-state index contributed by atoms with van der Waals surface area (Å²) in [4.78, 5) is 5.52. The number of benzene rings is 1. The van der Waals surface area contributed by atoms with Gasteiger partial charge in [-0.3, -0.25) is 0 Å². The zero-order chi connectivity index (χ0) is 13.7. The van der Waals surface area contributed by atoms with Crippen LogP contribution >= 0.6 is 11.8 Å². The van der Waals surface area contributed by atoms with E-state index < -0.39 is 0 Å². The predicted molar refractivity (Wildman–Crippen MR) is 78.7 cm³/mol. The van der Waals surface area contributed by atoms with Crippen molar-refractivity contribution in [3.63, 3.8) is 0 Å². The lowest BCUT2D eigenvalue weighted by Crippen LogP contribution is -2.18. The number of nitrogens with two attached hydrogens (primary N) is 1. The number of rotatable bonds is 5. The average Bonchev–Trinajstić information content (AvgIpc) is 2.41. The van der Waals surface area contributed by atoms with E-state index in [2.05, 4.69) is 11.1 Å². The smallest absolute Gasteiger partial charge is 0.132 e. The summed E-state index contributed by atoms with van der Waals surface area (Å²) in [5.41, 5.74) is 7.06. The second kappa shape index (κ2) is 6.59. The first-order valence-corrected chi connectivity index (χ1v) is 7.02. The van der Waals surface area contributed by atoms with Crippen LogP contribution in [-0.4, -0.2) is 18.1 Å². The Morgan fingerprint density at radius 1 is 1.26 bits per heavy atom. The molecule has 1 atom stereocenters. The lowest BCUT2D eigenvalue weighted by atomic mass is 10.1. The summed E-state index contributed by atoms with van der Waals surface area (Å²) in [6.45, 7) is 2.00. The molecule has 1 aromatic heterocycles. The normalized spacial score (nSPS) is 12.2. The van der Waals surface area contributed by atoms with Crippen LogP contribution in [0.2, 0.25) is 0 Å². The van der Waals surface area contributed by atoms with E-state index in [1.165, 1.54) is 5.56 Å². The van der Waals surface area contributed by atoms with Crippen molar-refractivity contribution in [3.05, 3.63) is 48.2 Å². The van der Waals surface area contributed by atoms with Crippen molar-refractivity contribution in [2.24, 2.45) is 5.73 Å². The van der Waals surface area contributed by atoms with Crippen LogP contribution in [-0.2, 0) is 6.42 Å². The molecule has 1 aromatic carbocycles. The van der Waals surface area contributed by atoms with Crippen molar-refractivity contribution in [1.82, 2.24) is 4.98 Å². The van der Waals surface area contributed by atoms with E-state index in [9.17, 15) is 0 Å². The SMILES string of the molecule is COc1ccccc1Sc1ncccc1CC(C)N. The van der Waals surface area contributed by atoms with Gasteiger partial charge in [0.2, 0.25) is 0 Å². The number of hydrogen-bond acceptors (Lipinski definition) is 4. The molecule has 0 fully saturated rings. The fourth-order valence-electron chi connectivity index (χ4n) is 1.83. The number of hydrogen-bond donors (Lipinski definition) is 1. The van der Waals surface area contributed by atoms with Gasteiger partial charge in [0.15, 0.2) is 0 Å². The minimum Gasteiger partial charge on any atom is -0.496 e. The molecule has 3 nitrogen and oxygen atoms in total.